The lowest BCUT2D eigenvalue weighted by molar-refractivity contribution is 0.124. The standard InChI is InChI=1S/C19H24N4O2.2ClH/c1-15(16-6-3-2-4-7-16)18(25-17-8-5-9-21-14-17)22-19(24)23-12-10-20-11-13-23;;/h2-9,14-15,18,20H,10-13H2,1H3,(H,22,24);2*1H/t15-,18?;;/m0../s1. The molecule has 0 bridgehead atoms. The van der Waals surface area contributed by atoms with Crippen LogP contribution >= 0.6 is 24.8 Å². The molecule has 1 unspecified atom stereocenters. The van der Waals surface area contributed by atoms with Gasteiger partial charge >= 0.3 is 6.03 Å². The molecule has 0 aliphatic carbocycles. The Balaban J connectivity index is 0.00000182. The lowest BCUT2D eigenvalue weighted by Crippen LogP contribution is -2.54. The van der Waals surface area contributed by atoms with E-state index in [-0.39, 0.29) is 36.8 Å². The van der Waals surface area contributed by atoms with Gasteiger partial charge in [-0.15, -0.1) is 24.8 Å². The Bertz CT molecular complexity index is 670. The van der Waals surface area contributed by atoms with E-state index < -0.39 is 6.23 Å². The van der Waals surface area contributed by atoms with Crippen LogP contribution in [0, 0.1) is 0 Å². The number of pyridine rings is 1. The molecule has 1 aromatic heterocycles. The SMILES string of the molecule is C[C@@H](c1ccccc1)C(NC(=O)N1CCNCC1)Oc1cccnc1.Cl.Cl. The quantitative estimate of drug-likeness (QED) is 0.740. The third-order valence-electron chi connectivity index (χ3n) is 4.35. The van der Waals surface area contributed by atoms with Crippen molar-refractivity contribution in [3.8, 4) is 5.75 Å². The van der Waals surface area contributed by atoms with Gasteiger partial charge in [0.25, 0.3) is 0 Å². The molecule has 1 aliphatic rings. The summed E-state index contributed by atoms with van der Waals surface area (Å²) in [5, 5.41) is 6.29. The molecule has 0 radical (unpaired) electrons. The number of ether oxygens (including phenoxy) is 1. The highest BCUT2D eigenvalue weighted by atomic mass is 35.5. The van der Waals surface area contributed by atoms with Crippen molar-refractivity contribution in [1.29, 1.82) is 0 Å². The predicted molar refractivity (Wildman–Crippen MR) is 111 cm³/mol. The number of hydrogen-bond acceptors (Lipinski definition) is 4. The fourth-order valence-corrected chi connectivity index (χ4v) is 2.83. The molecular weight excluding hydrogens is 387 g/mol. The van der Waals surface area contributed by atoms with Gasteiger partial charge in [-0.25, -0.2) is 4.79 Å². The summed E-state index contributed by atoms with van der Waals surface area (Å²) in [5.74, 6) is 0.629. The van der Waals surface area contributed by atoms with E-state index in [0.29, 0.717) is 18.8 Å². The number of rotatable bonds is 5. The summed E-state index contributed by atoms with van der Waals surface area (Å²) in [6.07, 6.45) is 2.87. The number of aromatic nitrogens is 1. The van der Waals surface area contributed by atoms with E-state index in [0.717, 1.165) is 18.7 Å². The van der Waals surface area contributed by atoms with E-state index in [1.165, 1.54) is 0 Å². The molecule has 1 aliphatic heterocycles. The van der Waals surface area contributed by atoms with Gasteiger partial charge in [0, 0.05) is 38.3 Å². The molecule has 0 saturated carbocycles. The topological polar surface area (TPSA) is 66.5 Å². The minimum absolute atomic E-state index is 0. The number of carbonyl (C=O) groups excluding carboxylic acids is 1. The highest BCUT2D eigenvalue weighted by Gasteiger charge is 2.26. The maximum Gasteiger partial charge on any atom is 0.320 e. The van der Waals surface area contributed by atoms with Crippen molar-refractivity contribution >= 4 is 30.8 Å². The number of halogens is 2. The minimum atomic E-state index is -0.478. The van der Waals surface area contributed by atoms with Crippen molar-refractivity contribution < 1.29 is 9.53 Å². The average molecular weight is 413 g/mol. The van der Waals surface area contributed by atoms with Gasteiger partial charge in [-0.1, -0.05) is 37.3 Å². The molecule has 2 amide bonds. The second-order valence-corrected chi connectivity index (χ2v) is 6.11. The number of amides is 2. The zero-order valence-electron chi connectivity index (χ0n) is 15.2. The largest absolute Gasteiger partial charge is 0.468 e. The van der Waals surface area contributed by atoms with Crippen molar-refractivity contribution in [3.63, 3.8) is 0 Å². The molecule has 0 spiro atoms. The summed E-state index contributed by atoms with van der Waals surface area (Å²) in [6, 6.07) is 13.6. The van der Waals surface area contributed by atoms with E-state index in [4.69, 9.17) is 4.74 Å². The van der Waals surface area contributed by atoms with Crippen molar-refractivity contribution in [2.24, 2.45) is 0 Å². The molecule has 148 valence electrons. The number of nitrogens with one attached hydrogen (secondary N) is 2. The summed E-state index contributed by atoms with van der Waals surface area (Å²) in [7, 11) is 0. The molecule has 2 N–H and O–H groups in total. The molecule has 6 nitrogen and oxygen atoms in total. The van der Waals surface area contributed by atoms with Crippen LogP contribution in [0.15, 0.2) is 54.9 Å². The van der Waals surface area contributed by atoms with Crippen LogP contribution in [0.5, 0.6) is 5.75 Å². The van der Waals surface area contributed by atoms with Crippen LogP contribution < -0.4 is 15.4 Å². The normalized spacial score (nSPS) is 15.5. The van der Waals surface area contributed by atoms with Crippen molar-refractivity contribution in [2.45, 2.75) is 19.1 Å². The van der Waals surface area contributed by atoms with E-state index in [1.54, 1.807) is 12.4 Å². The molecule has 2 atom stereocenters. The van der Waals surface area contributed by atoms with Gasteiger partial charge < -0.3 is 20.3 Å². The van der Waals surface area contributed by atoms with E-state index in [2.05, 4.69) is 22.5 Å². The van der Waals surface area contributed by atoms with Gasteiger partial charge in [0.1, 0.15) is 5.75 Å². The van der Waals surface area contributed by atoms with Crippen molar-refractivity contribution in [1.82, 2.24) is 20.5 Å². The lowest BCUT2D eigenvalue weighted by atomic mass is 9.99. The molecule has 8 heteroatoms. The second-order valence-electron chi connectivity index (χ2n) is 6.11. The van der Waals surface area contributed by atoms with Crippen molar-refractivity contribution in [3.05, 3.63) is 60.4 Å². The highest BCUT2D eigenvalue weighted by Crippen LogP contribution is 2.22. The summed E-state index contributed by atoms with van der Waals surface area (Å²) in [6.45, 7) is 5.08. The first-order valence-corrected chi connectivity index (χ1v) is 8.62. The number of nitrogens with zero attached hydrogens (tertiary/aromatic N) is 2. The predicted octanol–water partition coefficient (Wildman–Crippen LogP) is 3.05. The Hall–Kier alpha value is -2.02. The number of urea groups is 1. The van der Waals surface area contributed by atoms with Crippen LogP contribution in [0.25, 0.3) is 0 Å². The van der Waals surface area contributed by atoms with Crippen LogP contribution in [0.2, 0.25) is 0 Å². The second kappa shape index (κ2) is 11.6. The molecule has 27 heavy (non-hydrogen) atoms. The van der Waals surface area contributed by atoms with Crippen LogP contribution in [0.1, 0.15) is 18.4 Å². The fraction of sp³-hybridized carbons (Fsp3) is 0.368. The number of carbonyl (C=O) groups is 1. The molecule has 1 aromatic carbocycles. The molecule has 1 fully saturated rings. The maximum absolute atomic E-state index is 12.6. The third-order valence-corrected chi connectivity index (χ3v) is 4.35. The van der Waals surface area contributed by atoms with Crippen molar-refractivity contribution in [2.75, 3.05) is 26.2 Å². The smallest absolute Gasteiger partial charge is 0.320 e. The van der Waals surface area contributed by atoms with Crippen LogP contribution in [0.3, 0.4) is 0 Å². The van der Waals surface area contributed by atoms with Gasteiger partial charge in [0.15, 0.2) is 6.23 Å². The van der Waals surface area contributed by atoms with Crippen LogP contribution in [-0.4, -0.2) is 48.3 Å². The minimum Gasteiger partial charge on any atom is -0.468 e. The molecule has 2 aromatic rings. The fourth-order valence-electron chi connectivity index (χ4n) is 2.83. The highest BCUT2D eigenvalue weighted by molar-refractivity contribution is 5.85. The van der Waals surface area contributed by atoms with Crippen LogP contribution in [-0.2, 0) is 0 Å². The summed E-state index contributed by atoms with van der Waals surface area (Å²) < 4.78 is 6.06. The Morgan fingerprint density at radius 1 is 1.15 bits per heavy atom. The van der Waals surface area contributed by atoms with Crippen LogP contribution in [0.4, 0.5) is 4.79 Å². The summed E-state index contributed by atoms with van der Waals surface area (Å²) >= 11 is 0. The Morgan fingerprint density at radius 3 is 2.48 bits per heavy atom. The average Bonchev–Trinajstić information content (AvgIpc) is 2.69. The molecule has 2 heterocycles. The van der Waals surface area contributed by atoms with Gasteiger partial charge in [-0.2, -0.15) is 0 Å². The Kier molecular flexibility index (Phi) is 9.93. The molecule has 1 saturated heterocycles. The first kappa shape index (κ1) is 23.0. The van der Waals surface area contributed by atoms with Gasteiger partial charge in [0.2, 0.25) is 0 Å². The zero-order chi connectivity index (χ0) is 17.5. The molecular formula is C19H26Cl2N4O2. The monoisotopic (exact) mass is 412 g/mol. The number of piperazine rings is 1. The summed E-state index contributed by atoms with van der Waals surface area (Å²) in [5.41, 5.74) is 1.11. The van der Waals surface area contributed by atoms with Gasteiger partial charge in [-0.3, -0.25) is 4.98 Å². The van der Waals surface area contributed by atoms with Gasteiger partial charge in [-0.05, 0) is 17.7 Å². The summed E-state index contributed by atoms with van der Waals surface area (Å²) in [4.78, 5) is 18.5. The van der Waals surface area contributed by atoms with E-state index >= 15 is 0 Å². The number of benzene rings is 1. The molecule has 3 rings (SSSR count). The lowest BCUT2D eigenvalue weighted by Gasteiger charge is -2.32. The Morgan fingerprint density at radius 2 is 1.85 bits per heavy atom. The number of hydrogen-bond donors (Lipinski definition) is 2. The first-order valence-electron chi connectivity index (χ1n) is 8.62. The zero-order valence-corrected chi connectivity index (χ0v) is 16.8. The first-order chi connectivity index (χ1) is 12.2. The maximum atomic E-state index is 12.6. The van der Waals surface area contributed by atoms with E-state index in [9.17, 15) is 4.79 Å². The van der Waals surface area contributed by atoms with Gasteiger partial charge in [0.05, 0.1) is 6.20 Å². The Labute approximate surface area is 172 Å². The third kappa shape index (κ3) is 6.57. The van der Waals surface area contributed by atoms with E-state index in [1.807, 2.05) is 47.4 Å².